The molecule has 1 aromatic heterocycles. The average molecular weight is 149 g/mol. The smallest absolute Gasteiger partial charge is 0.232 e. The van der Waals surface area contributed by atoms with E-state index >= 15 is 0 Å². The highest BCUT2D eigenvalue weighted by Crippen LogP contribution is 2.37. The van der Waals surface area contributed by atoms with Crippen molar-refractivity contribution in [3.63, 3.8) is 0 Å². The largest absolute Gasteiger partial charge is 0.295 e. The van der Waals surface area contributed by atoms with Gasteiger partial charge in [0.1, 0.15) is 12.2 Å². The van der Waals surface area contributed by atoms with Crippen molar-refractivity contribution in [3.8, 4) is 0 Å². The van der Waals surface area contributed by atoms with Crippen LogP contribution in [-0.2, 0) is 0 Å². The van der Waals surface area contributed by atoms with E-state index in [0.29, 0.717) is 0 Å². The minimum Gasteiger partial charge on any atom is -0.232 e. The Labute approximate surface area is 66.9 Å². The van der Waals surface area contributed by atoms with Crippen LogP contribution in [0.1, 0.15) is 25.2 Å². The van der Waals surface area contributed by atoms with Gasteiger partial charge in [-0.05, 0) is 6.42 Å². The van der Waals surface area contributed by atoms with Gasteiger partial charge in [-0.15, -0.1) is 0 Å². The highest BCUT2D eigenvalue weighted by molar-refractivity contribution is 4.83. The molecule has 0 amide bonds. The fourth-order valence-electron chi connectivity index (χ4n) is 1.50. The topological polar surface area (TPSA) is 16.8 Å². The molecule has 2 heteroatoms. The van der Waals surface area contributed by atoms with E-state index in [4.69, 9.17) is 0 Å². The lowest BCUT2D eigenvalue weighted by Crippen LogP contribution is -2.36. The van der Waals surface area contributed by atoms with Crippen molar-refractivity contribution < 1.29 is 4.57 Å². The highest BCUT2D eigenvalue weighted by Gasteiger charge is 2.39. The second kappa shape index (κ2) is 2.29. The van der Waals surface area contributed by atoms with Crippen LogP contribution in [0.25, 0.3) is 0 Å². The zero-order valence-electron chi connectivity index (χ0n) is 6.99. The summed E-state index contributed by atoms with van der Waals surface area (Å²) in [6.45, 7) is 4.34. The predicted octanol–water partition coefficient (Wildman–Crippen LogP) is 1.26. The molecule has 11 heavy (non-hydrogen) atoms. The molecule has 0 spiro atoms. The average Bonchev–Trinajstić information content (AvgIpc) is 2.68. The zero-order chi connectivity index (χ0) is 7.84. The summed E-state index contributed by atoms with van der Waals surface area (Å²) in [4.78, 5) is 4.24. The Hall–Kier alpha value is -0.920. The summed E-state index contributed by atoms with van der Waals surface area (Å²) in [5, 5.41) is 0. The third-order valence-corrected chi connectivity index (χ3v) is 2.39. The number of hydrogen-bond acceptors (Lipinski definition) is 1. The summed E-state index contributed by atoms with van der Waals surface area (Å²) in [6.07, 6.45) is 5.28. The van der Waals surface area contributed by atoms with Crippen LogP contribution in [0.3, 0.4) is 0 Å². The van der Waals surface area contributed by atoms with Crippen LogP contribution in [-0.4, -0.2) is 4.98 Å². The molecule has 1 saturated carbocycles. The van der Waals surface area contributed by atoms with E-state index in [9.17, 15) is 0 Å². The minimum absolute atomic E-state index is 0.726. The lowest BCUT2D eigenvalue weighted by molar-refractivity contribution is -0.711. The molecule has 2 unspecified atom stereocenters. The first-order valence-electron chi connectivity index (χ1n) is 4.12. The lowest BCUT2D eigenvalue weighted by atomic mass is 10.4. The number of rotatable bonds is 1. The van der Waals surface area contributed by atoms with Crippen molar-refractivity contribution >= 4 is 0 Å². The zero-order valence-corrected chi connectivity index (χ0v) is 6.99. The summed E-state index contributed by atoms with van der Waals surface area (Å²) in [5.74, 6) is 1.98. The van der Waals surface area contributed by atoms with Crippen LogP contribution < -0.4 is 4.57 Å². The molecule has 1 heterocycles. The molecule has 0 bridgehead atoms. The second-order valence-electron chi connectivity index (χ2n) is 3.35. The van der Waals surface area contributed by atoms with Crippen LogP contribution >= 0.6 is 0 Å². The van der Waals surface area contributed by atoms with E-state index < -0.39 is 0 Å². The van der Waals surface area contributed by atoms with E-state index in [1.165, 1.54) is 6.42 Å². The molecule has 2 nitrogen and oxygen atoms in total. The van der Waals surface area contributed by atoms with E-state index in [0.717, 1.165) is 17.8 Å². The standard InChI is InChI=1S/C9H13N2/c1-7-6-9(7)11-5-3-4-10-8(11)2/h3-5,7,9H,6H2,1-2H3/q+1. The molecule has 58 valence electrons. The van der Waals surface area contributed by atoms with E-state index in [2.05, 4.69) is 29.6 Å². The molecule has 1 aromatic rings. The van der Waals surface area contributed by atoms with Gasteiger partial charge in [0.15, 0.2) is 0 Å². The number of aryl methyl sites for hydroxylation is 1. The molecule has 2 rings (SSSR count). The van der Waals surface area contributed by atoms with Gasteiger partial charge in [0.05, 0.1) is 6.20 Å². The number of nitrogens with zero attached hydrogens (tertiary/aromatic N) is 2. The quantitative estimate of drug-likeness (QED) is 0.549. The molecule has 0 N–H and O–H groups in total. The molecular formula is C9H13N2+. The van der Waals surface area contributed by atoms with Gasteiger partial charge in [0.25, 0.3) is 5.82 Å². The molecule has 0 saturated heterocycles. The molecule has 0 aliphatic heterocycles. The third-order valence-electron chi connectivity index (χ3n) is 2.39. The van der Waals surface area contributed by atoms with E-state index in [-0.39, 0.29) is 0 Å². The Morgan fingerprint density at radius 3 is 2.91 bits per heavy atom. The van der Waals surface area contributed by atoms with Crippen molar-refractivity contribution in [1.29, 1.82) is 0 Å². The maximum Gasteiger partial charge on any atom is 0.295 e. The van der Waals surface area contributed by atoms with Crippen LogP contribution in [0.2, 0.25) is 0 Å². The summed E-state index contributed by atoms with van der Waals surface area (Å²) < 4.78 is 2.27. The summed E-state index contributed by atoms with van der Waals surface area (Å²) in [7, 11) is 0. The molecule has 0 radical (unpaired) electrons. The van der Waals surface area contributed by atoms with Gasteiger partial charge in [0, 0.05) is 18.9 Å². The van der Waals surface area contributed by atoms with Gasteiger partial charge < -0.3 is 0 Å². The van der Waals surface area contributed by atoms with Crippen LogP contribution in [0, 0.1) is 12.8 Å². The van der Waals surface area contributed by atoms with Gasteiger partial charge in [-0.25, -0.2) is 4.57 Å². The molecular weight excluding hydrogens is 136 g/mol. The van der Waals surface area contributed by atoms with Crippen molar-refractivity contribution in [2.75, 3.05) is 0 Å². The lowest BCUT2D eigenvalue weighted by Gasteiger charge is -1.96. The molecule has 1 aliphatic rings. The van der Waals surface area contributed by atoms with Gasteiger partial charge in [-0.3, -0.25) is 0 Å². The minimum atomic E-state index is 0.726. The maximum absolute atomic E-state index is 4.24. The van der Waals surface area contributed by atoms with E-state index in [1.807, 2.05) is 12.3 Å². The normalized spacial score (nSPS) is 28.5. The Morgan fingerprint density at radius 1 is 1.64 bits per heavy atom. The molecule has 1 aliphatic carbocycles. The summed E-state index contributed by atoms with van der Waals surface area (Å²) in [5.41, 5.74) is 0. The first kappa shape index (κ1) is 6.77. The summed E-state index contributed by atoms with van der Waals surface area (Å²) in [6, 6.07) is 2.72. The van der Waals surface area contributed by atoms with Gasteiger partial charge in [-0.2, -0.15) is 0 Å². The molecule has 0 aromatic carbocycles. The maximum atomic E-state index is 4.24. The van der Waals surface area contributed by atoms with Gasteiger partial charge >= 0.3 is 0 Å². The van der Waals surface area contributed by atoms with E-state index in [1.54, 1.807) is 0 Å². The fourth-order valence-corrected chi connectivity index (χ4v) is 1.50. The first-order valence-corrected chi connectivity index (χ1v) is 4.12. The Bertz CT molecular complexity index is 270. The third kappa shape index (κ3) is 1.13. The van der Waals surface area contributed by atoms with Crippen LogP contribution in [0.5, 0.6) is 0 Å². The SMILES string of the molecule is Cc1nccc[n+]1C1CC1C. The summed E-state index contributed by atoms with van der Waals surface area (Å²) >= 11 is 0. The molecule has 2 atom stereocenters. The predicted molar refractivity (Wildman–Crippen MR) is 42.0 cm³/mol. The Kier molecular flexibility index (Phi) is 1.41. The van der Waals surface area contributed by atoms with Gasteiger partial charge in [0.2, 0.25) is 0 Å². The fraction of sp³-hybridized carbons (Fsp3) is 0.556. The molecule has 1 fully saturated rings. The van der Waals surface area contributed by atoms with Crippen molar-refractivity contribution in [2.24, 2.45) is 5.92 Å². The van der Waals surface area contributed by atoms with Crippen molar-refractivity contribution in [2.45, 2.75) is 26.3 Å². The van der Waals surface area contributed by atoms with Crippen molar-refractivity contribution in [3.05, 3.63) is 24.3 Å². The Balaban J connectivity index is 2.31. The Morgan fingerprint density at radius 2 is 2.36 bits per heavy atom. The monoisotopic (exact) mass is 149 g/mol. The van der Waals surface area contributed by atoms with Gasteiger partial charge in [-0.1, -0.05) is 11.9 Å². The second-order valence-corrected chi connectivity index (χ2v) is 3.35. The van der Waals surface area contributed by atoms with Crippen molar-refractivity contribution in [1.82, 2.24) is 4.98 Å². The first-order chi connectivity index (χ1) is 5.29. The highest BCUT2D eigenvalue weighted by atomic mass is 15.1. The number of hydrogen-bond donors (Lipinski definition) is 0. The van der Waals surface area contributed by atoms with Crippen LogP contribution in [0.4, 0.5) is 0 Å². The number of aromatic nitrogens is 2. The van der Waals surface area contributed by atoms with Crippen LogP contribution in [0.15, 0.2) is 18.5 Å².